The Labute approximate surface area is 88.1 Å². The van der Waals surface area contributed by atoms with Gasteiger partial charge in [0.1, 0.15) is 0 Å². The van der Waals surface area contributed by atoms with Crippen molar-refractivity contribution in [3.8, 4) is 0 Å². The first-order valence-electron chi connectivity index (χ1n) is 3.87. The number of rotatable bonds is 2. The fourth-order valence-electron chi connectivity index (χ4n) is 1.06. The Bertz CT molecular complexity index is 457. The van der Waals surface area contributed by atoms with E-state index < -0.39 is 10.0 Å². The summed E-state index contributed by atoms with van der Waals surface area (Å²) >= 11 is 5.71. The smallest absolute Gasteiger partial charge is 0.240 e. The first kappa shape index (κ1) is 11.3. The van der Waals surface area contributed by atoms with Crippen LogP contribution in [0, 0.1) is 6.92 Å². The zero-order chi connectivity index (χ0) is 10.9. The summed E-state index contributed by atoms with van der Waals surface area (Å²) < 4.78 is 25.2. The predicted octanol–water partition coefficient (Wildman–Crippen LogP) is 1.14. The SMILES string of the molecule is CNS(=O)(=O)c1cc(Cl)cc(N)c1C. The van der Waals surface area contributed by atoms with E-state index in [1.165, 1.54) is 19.2 Å². The van der Waals surface area contributed by atoms with Crippen LogP contribution in [0.1, 0.15) is 5.56 Å². The lowest BCUT2D eigenvalue weighted by molar-refractivity contribution is 0.587. The molecule has 0 unspecified atom stereocenters. The van der Waals surface area contributed by atoms with Crippen LogP contribution in [0.3, 0.4) is 0 Å². The lowest BCUT2D eigenvalue weighted by Crippen LogP contribution is -2.20. The first-order valence-corrected chi connectivity index (χ1v) is 5.74. The van der Waals surface area contributed by atoms with Gasteiger partial charge in [-0.25, -0.2) is 13.1 Å². The van der Waals surface area contributed by atoms with E-state index in [4.69, 9.17) is 17.3 Å². The zero-order valence-corrected chi connectivity index (χ0v) is 9.41. The molecule has 0 heterocycles. The molecular formula is C8H11ClN2O2S. The number of nitrogens with two attached hydrogens (primary N) is 1. The molecule has 14 heavy (non-hydrogen) atoms. The third-order valence-corrected chi connectivity index (χ3v) is 3.68. The van der Waals surface area contributed by atoms with E-state index in [0.717, 1.165) is 0 Å². The van der Waals surface area contributed by atoms with Crippen LogP contribution in [0.5, 0.6) is 0 Å². The molecule has 0 aliphatic rings. The molecule has 6 heteroatoms. The number of benzene rings is 1. The highest BCUT2D eigenvalue weighted by Crippen LogP contribution is 2.25. The van der Waals surface area contributed by atoms with Gasteiger partial charge in [0, 0.05) is 10.7 Å². The predicted molar refractivity (Wildman–Crippen MR) is 56.8 cm³/mol. The molecule has 0 aliphatic heterocycles. The van der Waals surface area contributed by atoms with Crippen molar-refractivity contribution in [2.24, 2.45) is 0 Å². The maximum Gasteiger partial charge on any atom is 0.240 e. The molecule has 0 saturated carbocycles. The van der Waals surface area contributed by atoms with Gasteiger partial charge in [-0.05, 0) is 31.7 Å². The fraction of sp³-hybridized carbons (Fsp3) is 0.250. The maximum absolute atomic E-state index is 11.5. The summed E-state index contributed by atoms with van der Waals surface area (Å²) in [7, 11) is -2.15. The molecule has 0 saturated heterocycles. The second kappa shape index (κ2) is 3.76. The standard InChI is InChI=1S/C8H11ClN2O2S/c1-5-7(10)3-6(9)4-8(5)14(12,13)11-2/h3-4,11H,10H2,1-2H3. The van der Waals surface area contributed by atoms with Crippen LogP contribution >= 0.6 is 11.6 Å². The van der Waals surface area contributed by atoms with E-state index in [2.05, 4.69) is 4.72 Å². The third-order valence-electron chi connectivity index (χ3n) is 1.92. The van der Waals surface area contributed by atoms with Gasteiger partial charge in [-0.3, -0.25) is 0 Å². The molecule has 0 spiro atoms. The van der Waals surface area contributed by atoms with Gasteiger partial charge >= 0.3 is 0 Å². The van der Waals surface area contributed by atoms with Crippen molar-refractivity contribution in [3.05, 3.63) is 22.7 Å². The normalized spacial score (nSPS) is 11.6. The summed E-state index contributed by atoms with van der Waals surface area (Å²) in [4.78, 5) is 0.116. The van der Waals surface area contributed by atoms with E-state index in [1.54, 1.807) is 6.92 Å². The lowest BCUT2D eigenvalue weighted by atomic mass is 10.2. The molecular weight excluding hydrogens is 224 g/mol. The first-order chi connectivity index (χ1) is 6.38. The fourth-order valence-corrected chi connectivity index (χ4v) is 2.38. The number of halogens is 1. The van der Waals surface area contributed by atoms with Gasteiger partial charge in [0.25, 0.3) is 0 Å². The molecule has 4 nitrogen and oxygen atoms in total. The van der Waals surface area contributed by atoms with Gasteiger partial charge in [-0.2, -0.15) is 0 Å². The van der Waals surface area contributed by atoms with E-state index in [0.29, 0.717) is 16.3 Å². The van der Waals surface area contributed by atoms with Crippen LogP contribution in [-0.2, 0) is 10.0 Å². The van der Waals surface area contributed by atoms with Crippen molar-refractivity contribution in [3.63, 3.8) is 0 Å². The minimum atomic E-state index is -3.49. The molecule has 0 aromatic heterocycles. The highest BCUT2D eigenvalue weighted by atomic mass is 35.5. The Morgan fingerprint density at radius 2 is 2.00 bits per heavy atom. The molecule has 3 N–H and O–H groups in total. The summed E-state index contributed by atoms with van der Waals surface area (Å²) in [5, 5.41) is 0.307. The molecule has 0 fully saturated rings. The summed E-state index contributed by atoms with van der Waals surface area (Å²) in [6, 6.07) is 2.89. The van der Waals surface area contributed by atoms with E-state index in [9.17, 15) is 8.42 Å². The summed E-state index contributed by atoms with van der Waals surface area (Å²) in [5.74, 6) is 0. The van der Waals surface area contributed by atoms with Gasteiger partial charge in [-0.15, -0.1) is 0 Å². The van der Waals surface area contributed by atoms with Crippen LogP contribution in [0.25, 0.3) is 0 Å². The molecule has 0 amide bonds. The van der Waals surface area contributed by atoms with Crippen LogP contribution < -0.4 is 10.5 Å². The molecule has 0 radical (unpaired) electrons. The Hall–Kier alpha value is -0.780. The number of nitrogen functional groups attached to an aromatic ring is 1. The number of nitrogens with one attached hydrogen (secondary N) is 1. The molecule has 1 aromatic carbocycles. The van der Waals surface area contributed by atoms with E-state index >= 15 is 0 Å². The van der Waals surface area contributed by atoms with Crippen LogP contribution in [0.2, 0.25) is 5.02 Å². The van der Waals surface area contributed by atoms with Gasteiger partial charge in [-0.1, -0.05) is 11.6 Å². The molecule has 0 aliphatic carbocycles. The molecule has 0 bridgehead atoms. The molecule has 1 aromatic rings. The summed E-state index contributed by atoms with van der Waals surface area (Å²) in [6.45, 7) is 1.63. The minimum Gasteiger partial charge on any atom is -0.398 e. The summed E-state index contributed by atoms with van der Waals surface area (Å²) in [5.41, 5.74) is 6.47. The van der Waals surface area contributed by atoms with Crippen LogP contribution in [0.15, 0.2) is 17.0 Å². The summed E-state index contributed by atoms with van der Waals surface area (Å²) in [6.07, 6.45) is 0. The second-order valence-electron chi connectivity index (χ2n) is 2.83. The zero-order valence-electron chi connectivity index (χ0n) is 7.83. The third kappa shape index (κ3) is 2.00. The number of sulfonamides is 1. The Morgan fingerprint density at radius 1 is 1.43 bits per heavy atom. The maximum atomic E-state index is 11.5. The van der Waals surface area contributed by atoms with E-state index in [1.807, 2.05) is 0 Å². The van der Waals surface area contributed by atoms with E-state index in [-0.39, 0.29) is 4.90 Å². The van der Waals surface area contributed by atoms with Gasteiger partial charge in [0.2, 0.25) is 10.0 Å². The van der Waals surface area contributed by atoms with Crippen molar-refractivity contribution < 1.29 is 8.42 Å². The van der Waals surface area contributed by atoms with Crippen molar-refractivity contribution >= 4 is 27.3 Å². The average Bonchev–Trinajstić information content (AvgIpc) is 2.11. The van der Waals surface area contributed by atoms with Crippen LogP contribution in [-0.4, -0.2) is 15.5 Å². The molecule has 1 rings (SSSR count). The highest BCUT2D eigenvalue weighted by molar-refractivity contribution is 7.89. The van der Waals surface area contributed by atoms with Gasteiger partial charge < -0.3 is 5.73 Å². The topological polar surface area (TPSA) is 72.2 Å². The average molecular weight is 235 g/mol. The van der Waals surface area contributed by atoms with Crippen molar-refractivity contribution in [2.45, 2.75) is 11.8 Å². The van der Waals surface area contributed by atoms with Crippen LogP contribution in [0.4, 0.5) is 5.69 Å². The van der Waals surface area contributed by atoms with Crippen molar-refractivity contribution in [2.75, 3.05) is 12.8 Å². The number of hydrogen-bond acceptors (Lipinski definition) is 3. The highest BCUT2D eigenvalue weighted by Gasteiger charge is 2.16. The minimum absolute atomic E-state index is 0.116. The van der Waals surface area contributed by atoms with Crippen molar-refractivity contribution in [1.29, 1.82) is 0 Å². The largest absolute Gasteiger partial charge is 0.398 e. The number of hydrogen-bond donors (Lipinski definition) is 2. The molecule has 78 valence electrons. The Morgan fingerprint density at radius 3 is 2.50 bits per heavy atom. The monoisotopic (exact) mass is 234 g/mol. The molecule has 0 atom stereocenters. The van der Waals surface area contributed by atoms with Crippen molar-refractivity contribution in [1.82, 2.24) is 4.72 Å². The van der Waals surface area contributed by atoms with Gasteiger partial charge in [0.15, 0.2) is 0 Å². The second-order valence-corrected chi connectivity index (χ2v) is 5.12. The Kier molecular flexibility index (Phi) is 3.04. The lowest BCUT2D eigenvalue weighted by Gasteiger charge is -2.09. The van der Waals surface area contributed by atoms with Gasteiger partial charge in [0.05, 0.1) is 4.90 Å². The Balaban J connectivity index is 3.50. The quantitative estimate of drug-likeness (QED) is 0.754. The number of anilines is 1.